The number of para-hydroxylation sites is 1. The van der Waals surface area contributed by atoms with Gasteiger partial charge in [0.25, 0.3) is 0 Å². The zero-order valence-electron chi connectivity index (χ0n) is 16.2. The molecule has 0 bridgehead atoms. The normalized spacial score (nSPS) is 11.8. The summed E-state index contributed by atoms with van der Waals surface area (Å²) in [5.74, 6) is 0.171. The van der Waals surface area contributed by atoms with Crippen molar-refractivity contribution in [2.75, 3.05) is 13.2 Å². The van der Waals surface area contributed by atoms with Crippen LogP contribution in [0.25, 0.3) is 10.9 Å². The monoisotopic (exact) mass is 381 g/mol. The summed E-state index contributed by atoms with van der Waals surface area (Å²) in [6.07, 6.45) is 0.718. The molecule has 146 valence electrons. The molecule has 0 radical (unpaired) electrons. The van der Waals surface area contributed by atoms with Crippen molar-refractivity contribution in [1.29, 1.82) is 0 Å². The highest BCUT2D eigenvalue weighted by molar-refractivity contribution is 6.10. The van der Waals surface area contributed by atoms with Crippen LogP contribution in [0, 0.1) is 0 Å². The van der Waals surface area contributed by atoms with Gasteiger partial charge in [0.05, 0.1) is 18.8 Å². The Bertz CT molecular complexity index is 992. The highest BCUT2D eigenvalue weighted by atomic mass is 16.5. The Kier molecular flexibility index (Phi) is 5.99. The number of carbonyl (C=O) groups is 2. The van der Waals surface area contributed by atoms with E-state index in [9.17, 15) is 9.59 Å². The molecule has 0 saturated heterocycles. The zero-order chi connectivity index (χ0) is 20.1. The summed E-state index contributed by atoms with van der Waals surface area (Å²) < 4.78 is 16.4. The number of rotatable bonds is 8. The maximum Gasteiger partial charge on any atom is 0.338 e. The number of ketones is 1. The van der Waals surface area contributed by atoms with Gasteiger partial charge in [-0.25, -0.2) is 4.79 Å². The summed E-state index contributed by atoms with van der Waals surface area (Å²) in [4.78, 5) is 28.3. The predicted molar refractivity (Wildman–Crippen MR) is 106 cm³/mol. The lowest BCUT2D eigenvalue weighted by Gasteiger charge is -2.14. The van der Waals surface area contributed by atoms with Crippen molar-refractivity contribution < 1.29 is 23.8 Å². The predicted octanol–water partition coefficient (Wildman–Crippen LogP) is 4.39. The van der Waals surface area contributed by atoms with Crippen LogP contribution in [0.4, 0.5) is 0 Å². The van der Waals surface area contributed by atoms with E-state index in [1.165, 1.54) is 0 Å². The van der Waals surface area contributed by atoms with E-state index < -0.39 is 12.1 Å². The van der Waals surface area contributed by atoms with Gasteiger partial charge in [-0.3, -0.25) is 4.79 Å². The van der Waals surface area contributed by atoms with Gasteiger partial charge in [-0.2, -0.15) is 0 Å². The number of hydrogen-bond donors (Lipinski definition) is 1. The molecule has 1 heterocycles. The molecule has 28 heavy (non-hydrogen) atoms. The van der Waals surface area contributed by atoms with Gasteiger partial charge in [0.1, 0.15) is 0 Å². The smallest absolute Gasteiger partial charge is 0.338 e. The number of aromatic amines is 1. The maximum absolute atomic E-state index is 12.8. The lowest BCUT2D eigenvalue weighted by molar-refractivity contribution is 0.0319. The van der Waals surface area contributed by atoms with Crippen LogP contribution in [-0.2, 0) is 4.74 Å². The van der Waals surface area contributed by atoms with Crippen molar-refractivity contribution in [2.24, 2.45) is 0 Å². The molecule has 0 fully saturated rings. The van der Waals surface area contributed by atoms with Crippen molar-refractivity contribution in [2.45, 2.75) is 26.9 Å². The van der Waals surface area contributed by atoms with Crippen LogP contribution >= 0.6 is 0 Å². The van der Waals surface area contributed by atoms with Gasteiger partial charge < -0.3 is 19.2 Å². The Morgan fingerprint density at radius 1 is 1.00 bits per heavy atom. The minimum absolute atomic E-state index is 0.262. The highest BCUT2D eigenvalue weighted by Crippen LogP contribution is 2.29. The van der Waals surface area contributed by atoms with E-state index in [0.29, 0.717) is 35.8 Å². The van der Waals surface area contributed by atoms with Gasteiger partial charge in [0.2, 0.25) is 5.78 Å². The largest absolute Gasteiger partial charge is 0.490 e. The fourth-order valence-corrected chi connectivity index (χ4v) is 2.95. The molecule has 1 aromatic heterocycles. The number of carbonyl (C=O) groups excluding carboxylic acids is 2. The Hall–Kier alpha value is -3.28. The first-order chi connectivity index (χ1) is 13.5. The van der Waals surface area contributed by atoms with E-state index in [4.69, 9.17) is 14.2 Å². The number of nitrogens with one attached hydrogen (secondary N) is 1. The topological polar surface area (TPSA) is 77.6 Å². The van der Waals surface area contributed by atoms with E-state index >= 15 is 0 Å². The molecule has 6 nitrogen and oxygen atoms in total. The number of fused-ring (bicyclic) bond motifs is 1. The van der Waals surface area contributed by atoms with Crippen LogP contribution in [0.1, 0.15) is 41.5 Å². The Labute approximate surface area is 163 Å². The molecule has 0 spiro atoms. The molecular formula is C22H23NO5. The standard InChI is InChI=1S/C22H23NO5/c1-4-26-19-11-10-15(12-20(19)27-5-2)22(25)28-14(3)21(24)17-13-23-18-9-7-6-8-16(17)18/h6-14,23H,4-5H2,1-3H3/t14-/m0/s1. The molecule has 0 saturated carbocycles. The van der Waals surface area contributed by atoms with Gasteiger partial charge in [-0.15, -0.1) is 0 Å². The van der Waals surface area contributed by atoms with Crippen LogP contribution in [0.3, 0.4) is 0 Å². The minimum atomic E-state index is -0.922. The van der Waals surface area contributed by atoms with Crippen molar-refractivity contribution in [3.63, 3.8) is 0 Å². The molecule has 0 aliphatic heterocycles. The summed E-state index contributed by atoms with van der Waals surface area (Å²) in [6, 6.07) is 12.3. The molecule has 0 aliphatic carbocycles. The van der Waals surface area contributed by atoms with E-state index in [1.807, 2.05) is 38.1 Å². The van der Waals surface area contributed by atoms with Gasteiger partial charge >= 0.3 is 5.97 Å². The molecule has 0 amide bonds. The number of benzene rings is 2. The SMILES string of the molecule is CCOc1ccc(C(=O)O[C@@H](C)C(=O)c2c[nH]c3ccccc23)cc1OCC. The first-order valence-electron chi connectivity index (χ1n) is 9.26. The van der Waals surface area contributed by atoms with E-state index in [1.54, 1.807) is 31.3 Å². The number of ether oxygens (including phenoxy) is 3. The summed E-state index contributed by atoms with van der Waals surface area (Å²) in [6.45, 7) is 6.21. The Morgan fingerprint density at radius 3 is 2.46 bits per heavy atom. The second-order valence-electron chi connectivity index (χ2n) is 6.19. The lowest BCUT2D eigenvalue weighted by atomic mass is 10.1. The molecule has 6 heteroatoms. The fraction of sp³-hybridized carbons (Fsp3) is 0.273. The molecule has 1 atom stereocenters. The third-order valence-corrected chi connectivity index (χ3v) is 4.29. The van der Waals surface area contributed by atoms with E-state index in [0.717, 1.165) is 10.9 Å². The quantitative estimate of drug-likeness (QED) is 0.462. The van der Waals surface area contributed by atoms with Gasteiger partial charge in [0, 0.05) is 22.7 Å². The molecule has 0 unspecified atom stereocenters. The van der Waals surface area contributed by atoms with Crippen molar-refractivity contribution >= 4 is 22.7 Å². The van der Waals surface area contributed by atoms with Crippen molar-refractivity contribution in [3.8, 4) is 11.5 Å². The Balaban J connectivity index is 1.76. The molecular weight excluding hydrogens is 358 g/mol. The van der Waals surface area contributed by atoms with Crippen LogP contribution in [-0.4, -0.2) is 36.1 Å². The number of esters is 1. The number of Topliss-reactive ketones (excluding diaryl/α,β-unsaturated/α-hetero) is 1. The van der Waals surface area contributed by atoms with Gasteiger partial charge in [-0.05, 0) is 45.0 Å². The van der Waals surface area contributed by atoms with Crippen LogP contribution in [0.5, 0.6) is 11.5 Å². The van der Waals surface area contributed by atoms with Crippen molar-refractivity contribution in [1.82, 2.24) is 4.98 Å². The summed E-state index contributed by atoms with van der Waals surface area (Å²) in [5, 5.41) is 0.801. The minimum Gasteiger partial charge on any atom is -0.490 e. The fourth-order valence-electron chi connectivity index (χ4n) is 2.95. The van der Waals surface area contributed by atoms with Crippen LogP contribution in [0.15, 0.2) is 48.7 Å². The third-order valence-electron chi connectivity index (χ3n) is 4.29. The zero-order valence-corrected chi connectivity index (χ0v) is 16.2. The first kappa shape index (κ1) is 19.5. The Morgan fingerprint density at radius 2 is 1.71 bits per heavy atom. The van der Waals surface area contributed by atoms with Crippen molar-refractivity contribution in [3.05, 3.63) is 59.8 Å². The first-order valence-corrected chi connectivity index (χ1v) is 9.26. The van der Waals surface area contributed by atoms with Gasteiger partial charge in [-0.1, -0.05) is 18.2 Å². The summed E-state index contributed by atoms with van der Waals surface area (Å²) >= 11 is 0. The summed E-state index contributed by atoms with van der Waals surface area (Å²) in [7, 11) is 0. The van der Waals surface area contributed by atoms with Crippen LogP contribution < -0.4 is 9.47 Å². The second-order valence-corrected chi connectivity index (χ2v) is 6.19. The molecule has 0 aliphatic rings. The van der Waals surface area contributed by atoms with Crippen LogP contribution in [0.2, 0.25) is 0 Å². The summed E-state index contributed by atoms with van der Waals surface area (Å²) in [5.41, 5.74) is 1.65. The number of H-pyrrole nitrogens is 1. The molecule has 2 aromatic carbocycles. The molecule has 3 rings (SSSR count). The highest BCUT2D eigenvalue weighted by Gasteiger charge is 2.23. The lowest BCUT2D eigenvalue weighted by Crippen LogP contribution is -2.24. The number of hydrogen-bond acceptors (Lipinski definition) is 5. The third kappa shape index (κ3) is 4.01. The number of aromatic nitrogens is 1. The maximum atomic E-state index is 12.8. The second kappa shape index (κ2) is 8.61. The van der Waals surface area contributed by atoms with E-state index in [2.05, 4.69) is 4.98 Å². The molecule has 3 aromatic rings. The van der Waals surface area contributed by atoms with Gasteiger partial charge in [0.15, 0.2) is 17.6 Å². The van der Waals surface area contributed by atoms with E-state index in [-0.39, 0.29) is 5.78 Å². The molecule has 1 N–H and O–H groups in total. The average molecular weight is 381 g/mol. The average Bonchev–Trinajstić information content (AvgIpc) is 3.13.